The van der Waals surface area contributed by atoms with Crippen molar-refractivity contribution in [2.75, 3.05) is 39.3 Å². The van der Waals surface area contributed by atoms with E-state index in [1.54, 1.807) is 18.2 Å². The molecule has 1 saturated heterocycles. The Labute approximate surface area is 191 Å². The Morgan fingerprint density at radius 1 is 0.903 bits per heavy atom. The lowest BCUT2D eigenvalue weighted by atomic mass is 9.92. The average Bonchev–Trinajstić information content (AvgIpc) is 3.08. The van der Waals surface area contributed by atoms with E-state index in [0.29, 0.717) is 13.0 Å². The first-order valence-corrected chi connectivity index (χ1v) is 9.90. The van der Waals surface area contributed by atoms with Gasteiger partial charge in [-0.05, 0) is 47.4 Å². The molecule has 3 nitrogen and oxygen atoms in total. The number of rotatable bonds is 4. The molecule has 0 amide bonds. The first-order chi connectivity index (χ1) is 13.9. The molecule has 2 aliphatic rings. The van der Waals surface area contributed by atoms with Crippen LogP contribution in [0.5, 0.6) is 0 Å². The Hall–Kier alpha value is -1.38. The predicted molar refractivity (Wildman–Crippen MR) is 117 cm³/mol. The van der Waals surface area contributed by atoms with E-state index < -0.39 is 11.7 Å². The number of nitrogens with zero attached hydrogens (tertiary/aromatic N) is 2. The number of aliphatic hydroxyl groups excluding tert-OH is 1. The molecular formula is C22H26Cl2F4N2O. The highest BCUT2D eigenvalue weighted by molar-refractivity contribution is 5.85. The van der Waals surface area contributed by atoms with Crippen LogP contribution in [-0.2, 0) is 6.18 Å². The largest absolute Gasteiger partial charge is 0.416 e. The first kappa shape index (κ1) is 25.9. The van der Waals surface area contributed by atoms with Gasteiger partial charge in [-0.2, -0.15) is 13.2 Å². The maximum absolute atomic E-state index is 13.4. The molecule has 4 rings (SSSR count). The number of hydrogen-bond donors (Lipinski definition) is 1. The monoisotopic (exact) mass is 480 g/mol. The van der Waals surface area contributed by atoms with Crippen molar-refractivity contribution < 1.29 is 22.7 Å². The molecule has 0 saturated carbocycles. The van der Waals surface area contributed by atoms with E-state index >= 15 is 0 Å². The van der Waals surface area contributed by atoms with Crippen molar-refractivity contribution in [2.24, 2.45) is 0 Å². The summed E-state index contributed by atoms with van der Waals surface area (Å²) in [6.45, 7) is 3.78. The lowest BCUT2D eigenvalue weighted by Crippen LogP contribution is -2.48. The molecule has 2 atom stereocenters. The van der Waals surface area contributed by atoms with Gasteiger partial charge in [0.15, 0.2) is 0 Å². The van der Waals surface area contributed by atoms with Crippen LogP contribution in [0.15, 0.2) is 42.5 Å². The molecule has 1 aliphatic carbocycles. The highest BCUT2D eigenvalue weighted by Crippen LogP contribution is 2.48. The molecule has 172 valence electrons. The Balaban J connectivity index is 0.00000171. The minimum Gasteiger partial charge on any atom is -0.395 e. The van der Waals surface area contributed by atoms with Gasteiger partial charge in [0.1, 0.15) is 5.82 Å². The zero-order valence-electron chi connectivity index (χ0n) is 16.8. The molecule has 0 bridgehead atoms. The Morgan fingerprint density at radius 2 is 1.55 bits per heavy atom. The van der Waals surface area contributed by atoms with E-state index in [2.05, 4.69) is 9.80 Å². The molecular weight excluding hydrogens is 455 g/mol. The third-order valence-electron chi connectivity index (χ3n) is 6.14. The Bertz CT molecular complexity index is 856. The van der Waals surface area contributed by atoms with Crippen molar-refractivity contribution in [3.8, 4) is 0 Å². The fourth-order valence-electron chi connectivity index (χ4n) is 4.63. The Morgan fingerprint density at radius 3 is 2.13 bits per heavy atom. The summed E-state index contributed by atoms with van der Waals surface area (Å²) in [6.07, 6.45) is -3.70. The number of β-amino-alcohol motifs (C(OH)–C–C–N with tert-alkyl or cyclic N) is 1. The minimum atomic E-state index is -4.38. The minimum absolute atomic E-state index is 0. The maximum atomic E-state index is 13.4. The average molecular weight is 481 g/mol. The summed E-state index contributed by atoms with van der Waals surface area (Å²) in [5, 5.41) is 9.12. The lowest BCUT2D eigenvalue weighted by Gasteiger charge is -2.38. The molecule has 2 aromatic rings. The quantitative estimate of drug-likeness (QED) is 0.632. The molecule has 1 fully saturated rings. The van der Waals surface area contributed by atoms with Crippen molar-refractivity contribution in [3.05, 3.63) is 70.5 Å². The van der Waals surface area contributed by atoms with Gasteiger partial charge in [-0.15, -0.1) is 24.8 Å². The van der Waals surface area contributed by atoms with Crippen molar-refractivity contribution in [1.29, 1.82) is 0 Å². The molecule has 2 unspecified atom stereocenters. The number of aliphatic hydroxyl groups is 1. The standard InChI is InChI=1S/C22H24F4N2O.2ClH/c23-17-4-1-15(2-5-17)19-14-21(28-9-7-27(8-10-28)11-12-29)20-13-16(22(24,25)26)3-6-18(19)20;;/h1-6,13,19,21,29H,7-12,14H2;2*1H. The van der Waals surface area contributed by atoms with Crippen LogP contribution >= 0.6 is 24.8 Å². The third-order valence-corrected chi connectivity index (χ3v) is 6.14. The van der Waals surface area contributed by atoms with Gasteiger partial charge in [0.2, 0.25) is 0 Å². The molecule has 31 heavy (non-hydrogen) atoms. The zero-order valence-corrected chi connectivity index (χ0v) is 18.4. The van der Waals surface area contributed by atoms with Crippen LogP contribution in [-0.4, -0.2) is 54.2 Å². The second-order valence-electron chi connectivity index (χ2n) is 7.80. The van der Waals surface area contributed by atoms with E-state index in [1.165, 1.54) is 18.2 Å². The van der Waals surface area contributed by atoms with Gasteiger partial charge in [-0.1, -0.05) is 18.2 Å². The zero-order chi connectivity index (χ0) is 20.6. The van der Waals surface area contributed by atoms with Gasteiger partial charge in [0.05, 0.1) is 12.2 Å². The van der Waals surface area contributed by atoms with E-state index in [9.17, 15) is 17.6 Å². The highest BCUT2D eigenvalue weighted by atomic mass is 35.5. The summed E-state index contributed by atoms with van der Waals surface area (Å²) < 4.78 is 53.4. The summed E-state index contributed by atoms with van der Waals surface area (Å²) >= 11 is 0. The normalized spacial score (nSPS) is 21.8. The summed E-state index contributed by atoms with van der Waals surface area (Å²) in [7, 11) is 0. The number of halogens is 6. The Kier molecular flexibility index (Phi) is 8.76. The van der Waals surface area contributed by atoms with Gasteiger partial charge in [0, 0.05) is 44.7 Å². The highest BCUT2D eigenvalue weighted by Gasteiger charge is 2.39. The van der Waals surface area contributed by atoms with Gasteiger partial charge in [0.25, 0.3) is 0 Å². The van der Waals surface area contributed by atoms with Gasteiger partial charge >= 0.3 is 6.18 Å². The number of hydrogen-bond acceptors (Lipinski definition) is 3. The van der Waals surface area contributed by atoms with Crippen molar-refractivity contribution >= 4 is 24.8 Å². The first-order valence-electron chi connectivity index (χ1n) is 9.90. The third kappa shape index (κ3) is 5.52. The fourth-order valence-corrected chi connectivity index (χ4v) is 4.63. The topological polar surface area (TPSA) is 26.7 Å². The fraction of sp³-hybridized carbons (Fsp3) is 0.455. The summed E-state index contributed by atoms with van der Waals surface area (Å²) in [5.41, 5.74) is 1.92. The molecule has 0 aromatic heterocycles. The van der Waals surface area contributed by atoms with Gasteiger partial charge in [-0.25, -0.2) is 4.39 Å². The van der Waals surface area contributed by atoms with Crippen LogP contribution in [0.2, 0.25) is 0 Å². The van der Waals surface area contributed by atoms with Crippen molar-refractivity contribution in [3.63, 3.8) is 0 Å². The molecule has 9 heteroatoms. The molecule has 1 N–H and O–H groups in total. The van der Waals surface area contributed by atoms with E-state index in [-0.39, 0.29) is 49.2 Å². The summed E-state index contributed by atoms with van der Waals surface area (Å²) in [5.74, 6) is -0.371. The van der Waals surface area contributed by atoms with Crippen LogP contribution in [0, 0.1) is 5.82 Å². The van der Waals surface area contributed by atoms with Crippen molar-refractivity contribution in [2.45, 2.75) is 24.6 Å². The van der Waals surface area contributed by atoms with Gasteiger partial charge in [-0.3, -0.25) is 9.80 Å². The predicted octanol–water partition coefficient (Wildman–Crippen LogP) is 4.87. The molecule has 1 aliphatic heterocycles. The summed E-state index contributed by atoms with van der Waals surface area (Å²) in [6, 6.07) is 10.2. The number of fused-ring (bicyclic) bond motifs is 1. The van der Waals surface area contributed by atoms with E-state index in [4.69, 9.17) is 5.11 Å². The maximum Gasteiger partial charge on any atom is 0.416 e. The number of benzene rings is 2. The van der Waals surface area contributed by atoms with Crippen molar-refractivity contribution in [1.82, 2.24) is 9.80 Å². The molecule has 2 aromatic carbocycles. The molecule has 1 heterocycles. The van der Waals surface area contributed by atoms with Crippen LogP contribution in [0.3, 0.4) is 0 Å². The second kappa shape index (κ2) is 10.5. The van der Waals surface area contributed by atoms with Gasteiger partial charge < -0.3 is 5.11 Å². The lowest BCUT2D eigenvalue weighted by molar-refractivity contribution is -0.137. The molecule has 0 radical (unpaired) electrons. The van der Waals surface area contributed by atoms with E-state index in [0.717, 1.165) is 48.9 Å². The molecule has 0 spiro atoms. The second-order valence-corrected chi connectivity index (χ2v) is 7.80. The van der Waals surface area contributed by atoms with Crippen LogP contribution in [0.1, 0.15) is 40.6 Å². The number of alkyl halides is 3. The van der Waals surface area contributed by atoms with Crippen LogP contribution in [0.25, 0.3) is 0 Å². The van der Waals surface area contributed by atoms with Crippen LogP contribution < -0.4 is 0 Å². The van der Waals surface area contributed by atoms with E-state index in [1.807, 2.05) is 0 Å². The number of piperazine rings is 1. The SMILES string of the molecule is Cl.Cl.OCCN1CCN(C2CC(c3ccc(F)cc3)c3ccc(C(F)(F)F)cc32)CC1. The van der Waals surface area contributed by atoms with Crippen LogP contribution in [0.4, 0.5) is 17.6 Å². The summed E-state index contributed by atoms with van der Waals surface area (Å²) in [4.78, 5) is 4.41. The smallest absolute Gasteiger partial charge is 0.395 e.